The molecule has 1 atom stereocenters. The van der Waals surface area contributed by atoms with Crippen molar-refractivity contribution >= 4 is 50.4 Å². The number of amides is 1. The number of hydrogen-bond donors (Lipinski definition) is 1. The predicted octanol–water partition coefficient (Wildman–Crippen LogP) is 2.29. The number of carbonyl (C=O) groups excluding carboxylic acids is 2. The summed E-state index contributed by atoms with van der Waals surface area (Å²) in [5.41, 5.74) is 0.310. The molecule has 1 rings (SSSR count). The van der Waals surface area contributed by atoms with Crippen molar-refractivity contribution in [2.45, 2.75) is 3.92 Å². The van der Waals surface area contributed by atoms with Crippen LogP contribution in [0.3, 0.4) is 0 Å². The molecule has 1 aromatic rings. The molecule has 18 heavy (non-hydrogen) atoms. The van der Waals surface area contributed by atoms with E-state index in [4.69, 9.17) is 0 Å². The number of alkyl halides is 1. The van der Waals surface area contributed by atoms with Crippen LogP contribution in [0.1, 0.15) is 10.4 Å². The lowest BCUT2D eigenvalue weighted by Gasteiger charge is -2.10. The highest BCUT2D eigenvalue weighted by Gasteiger charge is 2.17. The molecule has 1 unspecified atom stereocenters. The first-order valence-electron chi connectivity index (χ1n) is 4.91. The summed E-state index contributed by atoms with van der Waals surface area (Å²) in [6, 6.07) is 3.77. The molecule has 0 fully saturated rings. The molecule has 0 saturated carbocycles. The third-order valence-electron chi connectivity index (χ3n) is 2.07. The van der Waals surface area contributed by atoms with Gasteiger partial charge in [-0.15, -0.1) is 0 Å². The highest BCUT2D eigenvalue weighted by Crippen LogP contribution is 2.17. The summed E-state index contributed by atoms with van der Waals surface area (Å²) < 4.78 is 17.3. The highest BCUT2D eigenvalue weighted by atomic mass is 127. The monoisotopic (exact) mass is 429 g/mol. The van der Waals surface area contributed by atoms with Crippen molar-refractivity contribution < 1.29 is 18.7 Å². The minimum absolute atomic E-state index is 0.149. The Kier molecular flexibility index (Phi) is 6.00. The standard InChI is InChI=1S/C11H10BrFINO3/c1-18-11(17)9(14)5-15-10(16)7-3-2-6(13)4-8(7)12/h2-4,9H,5H2,1H3,(H,15,16). The van der Waals surface area contributed by atoms with E-state index in [1.807, 2.05) is 22.6 Å². The average Bonchev–Trinajstić information content (AvgIpc) is 2.34. The van der Waals surface area contributed by atoms with Crippen LogP contribution in [0.4, 0.5) is 4.39 Å². The maximum atomic E-state index is 12.9. The lowest BCUT2D eigenvalue weighted by Crippen LogP contribution is -2.34. The first-order chi connectivity index (χ1) is 8.45. The molecule has 0 radical (unpaired) electrons. The second-order valence-corrected chi connectivity index (χ2v) is 5.68. The van der Waals surface area contributed by atoms with Crippen molar-refractivity contribution in [2.75, 3.05) is 13.7 Å². The molecule has 98 valence electrons. The van der Waals surface area contributed by atoms with E-state index in [1.54, 1.807) is 0 Å². The van der Waals surface area contributed by atoms with Crippen molar-refractivity contribution in [1.82, 2.24) is 5.32 Å². The fraction of sp³-hybridized carbons (Fsp3) is 0.273. The molecule has 0 saturated heterocycles. The Morgan fingerprint density at radius 3 is 2.78 bits per heavy atom. The number of esters is 1. The maximum absolute atomic E-state index is 12.9. The van der Waals surface area contributed by atoms with E-state index >= 15 is 0 Å². The van der Waals surface area contributed by atoms with Crippen LogP contribution in [0.25, 0.3) is 0 Å². The Labute approximate surface area is 126 Å². The smallest absolute Gasteiger partial charge is 0.320 e. The fourth-order valence-corrected chi connectivity index (χ4v) is 2.17. The van der Waals surface area contributed by atoms with E-state index < -0.39 is 15.7 Å². The molecule has 0 spiro atoms. The zero-order valence-corrected chi connectivity index (χ0v) is 13.1. The molecule has 4 nitrogen and oxygen atoms in total. The van der Waals surface area contributed by atoms with E-state index in [1.165, 1.54) is 25.3 Å². The Morgan fingerprint density at radius 2 is 2.22 bits per heavy atom. The van der Waals surface area contributed by atoms with Crippen molar-refractivity contribution in [3.8, 4) is 0 Å². The number of benzene rings is 1. The quantitative estimate of drug-likeness (QED) is 0.454. The molecular weight excluding hydrogens is 420 g/mol. The van der Waals surface area contributed by atoms with Gasteiger partial charge in [-0.2, -0.15) is 0 Å². The van der Waals surface area contributed by atoms with Crippen LogP contribution >= 0.6 is 38.5 Å². The summed E-state index contributed by atoms with van der Waals surface area (Å²) in [6.07, 6.45) is 0. The van der Waals surface area contributed by atoms with E-state index in [-0.39, 0.29) is 12.5 Å². The molecule has 7 heteroatoms. The molecule has 1 aromatic carbocycles. The van der Waals surface area contributed by atoms with Gasteiger partial charge in [0.25, 0.3) is 5.91 Å². The molecular formula is C11H10BrFINO3. The molecule has 1 amide bonds. The third-order valence-corrected chi connectivity index (χ3v) is 3.68. The van der Waals surface area contributed by atoms with Crippen LogP contribution in [-0.4, -0.2) is 29.5 Å². The second-order valence-electron chi connectivity index (χ2n) is 3.32. The van der Waals surface area contributed by atoms with Crippen LogP contribution < -0.4 is 5.32 Å². The normalized spacial score (nSPS) is 11.8. The highest BCUT2D eigenvalue weighted by molar-refractivity contribution is 14.1. The van der Waals surface area contributed by atoms with Gasteiger partial charge in [0.1, 0.15) is 9.74 Å². The van der Waals surface area contributed by atoms with Gasteiger partial charge in [-0.1, -0.05) is 22.6 Å². The number of halogens is 3. The van der Waals surface area contributed by atoms with Gasteiger partial charge in [0.2, 0.25) is 0 Å². The summed E-state index contributed by atoms with van der Waals surface area (Å²) in [4.78, 5) is 22.9. The number of hydrogen-bond acceptors (Lipinski definition) is 3. The first kappa shape index (κ1) is 15.4. The van der Waals surface area contributed by atoms with Gasteiger partial charge < -0.3 is 10.1 Å². The summed E-state index contributed by atoms with van der Waals surface area (Å²) in [5.74, 6) is -1.22. The lowest BCUT2D eigenvalue weighted by atomic mass is 10.2. The molecule has 0 bridgehead atoms. The number of nitrogens with one attached hydrogen (secondary N) is 1. The Morgan fingerprint density at radius 1 is 1.56 bits per heavy atom. The van der Waals surface area contributed by atoms with E-state index in [0.717, 1.165) is 0 Å². The molecule has 0 aliphatic carbocycles. The summed E-state index contributed by atoms with van der Waals surface area (Å²) in [5, 5.41) is 2.57. The van der Waals surface area contributed by atoms with Crippen LogP contribution in [0.5, 0.6) is 0 Å². The molecule has 1 N–H and O–H groups in total. The van der Waals surface area contributed by atoms with Gasteiger partial charge in [0, 0.05) is 11.0 Å². The van der Waals surface area contributed by atoms with Gasteiger partial charge in [-0.05, 0) is 34.1 Å². The maximum Gasteiger partial charge on any atom is 0.320 e. The van der Waals surface area contributed by atoms with E-state index in [0.29, 0.717) is 10.0 Å². The zero-order chi connectivity index (χ0) is 13.7. The number of methoxy groups -OCH3 is 1. The van der Waals surface area contributed by atoms with E-state index in [2.05, 4.69) is 26.0 Å². The van der Waals surface area contributed by atoms with Crippen LogP contribution in [0, 0.1) is 5.82 Å². The van der Waals surface area contributed by atoms with Crippen molar-refractivity contribution in [3.63, 3.8) is 0 Å². The largest absolute Gasteiger partial charge is 0.468 e. The number of ether oxygens (including phenoxy) is 1. The van der Waals surface area contributed by atoms with Crippen molar-refractivity contribution in [3.05, 3.63) is 34.1 Å². The minimum atomic E-state index is -0.462. The van der Waals surface area contributed by atoms with E-state index in [9.17, 15) is 14.0 Å². The summed E-state index contributed by atoms with van der Waals surface area (Å²) in [6.45, 7) is 0.149. The molecule has 0 heterocycles. The van der Waals surface area contributed by atoms with Gasteiger partial charge in [0.15, 0.2) is 0 Å². The van der Waals surface area contributed by atoms with Crippen LogP contribution in [-0.2, 0) is 9.53 Å². The fourth-order valence-electron chi connectivity index (χ4n) is 1.16. The van der Waals surface area contributed by atoms with Gasteiger partial charge in [-0.25, -0.2) is 4.39 Å². The third kappa shape index (κ3) is 4.20. The Hall–Kier alpha value is -0.700. The summed E-state index contributed by atoms with van der Waals surface area (Å²) >= 11 is 4.98. The first-order valence-corrected chi connectivity index (χ1v) is 6.94. The minimum Gasteiger partial charge on any atom is -0.468 e. The molecule has 0 aromatic heterocycles. The second kappa shape index (κ2) is 7.03. The van der Waals surface area contributed by atoms with Gasteiger partial charge in [-0.3, -0.25) is 9.59 Å². The number of carbonyl (C=O) groups is 2. The SMILES string of the molecule is COC(=O)C(I)CNC(=O)c1ccc(F)cc1Br. The van der Waals surface area contributed by atoms with Crippen LogP contribution in [0.2, 0.25) is 0 Å². The van der Waals surface area contributed by atoms with Gasteiger partial charge >= 0.3 is 5.97 Å². The van der Waals surface area contributed by atoms with Crippen molar-refractivity contribution in [1.29, 1.82) is 0 Å². The zero-order valence-electron chi connectivity index (χ0n) is 9.38. The summed E-state index contributed by atoms with van der Waals surface area (Å²) in [7, 11) is 1.28. The predicted molar refractivity (Wildman–Crippen MR) is 76.3 cm³/mol. The topological polar surface area (TPSA) is 55.4 Å². The van der Waals surface area contributed by atoms with Crippen LogP contribution in [0.15, 0.2) is 22.7 Å². The van der Waals surface area contributed by atoms with Crippen molar-refractivity contribution in [2.24, 2.45) is 0 Å². The number of rotatable bonds is 4. The molecule has 0 aliphatic heterocycles. The Balaban J connectivity index is 2.63. The lowest BCUT2D eigenvalue weighted by molar-refractivity contribution is -0.139. The Bertz CT molecular complexity index is 470. The van der Waals surface area contributed by atoms with Gasteiger partial charge in [0.05, 0.1) is 12.7 Å². The molecule has 0 aliphatic rings. The average molecular weight is 430 g/mol.